The maximum atomic E-state index is 4.50. The quantitative estimate of drug-likeness (QED) is 0.254. The molecule has 2 nitrogen and oxygen atoms in total. The Hall–Kier alpha value is -4.30. The van der Waals surface area contributed by atoms with E-state index in [0.29, 0.717) is 0 Å². The van der Waals surface area contributed by atoms with Gasteiger partial charge in [0.05, 0.1) is 11.4 Å². The highest BCUT2D eigenvalue weighted by Crippen LogP contribution is 2.18. The van der Waals surface area contributed by atoms with Crippen molar-refractivity contribution in [1.82, 2.24) is 0 Å². The van der Waals surface area contributed by atoms with Gasteiger partial charge in [0.1, 0.15) is 0 Å². The lowest BCUT2D eigenvalue weighted by Crippen LogP contribution is -1.86. The summed E-state index contributed by atoms with van der Waals surface area (Å²) in [5.41, 5.74) is 6.75. The molecule has 0 atom stereocenters. The van der Waals surface area contributed by atoms with Crippen LogP contribution in [-0.2, 0) is 6.42 Å². The van der Waals surface area contributed by atoms with Gasteiger partial charge < -0.3 is 0 Å². The van der Waals surface area contributed by atoms with Crippen LogP contribution in [0, 0.1) is 0 Å². The Kier molecular flexibility index (Phi) is 7.92. The fraction of sp³-hybridized carbons (Fsp3) is 0.0323. The third kappa shape index (κ3) is 7.41. The van der Waals surface area contributed by atoms with Gasteiger partial charge in [0.2, 0.25) is 0 Å². The molecule has 33 heavy (non-hydrogen) atoms. The summed E-state index contributed by atoms with van der Waals surface area (Å²) in [5.74, 6) is 0. The van der Waals surface area contributed by atoms with E-state index in [4.69, 9.17) is 0 Å². The summed E-state index contributed by atoms with van der Waals surface area (Å²) < 4.78 is 0. The zero-order valence-corrected chi connectivity index (χ0v) is 18.5. The molecule has 0 saturated carbocycles. The van der Waals surface area contributed by atoms with Crippen LogP contribution in [0.5, 0.6) is 0 Å². The molecule has 4 aromatic rings. The van der Waals surface area contributed by atoms with E-state index in [9.17, 15) is 0 Å². The largest absolute Gasteiger partial charge is 0.257 e. The molecule has 2 heteroatoms. The molecular weight excluding hydrogens is 400 g/mol. The van der Waals surface area contributed by atoms with Gasteiger partial charge in [-0.2, -0.15) is 0 Å². The summed E-state index contributed by atoms with van der Waals surface area (Å²) in [7, 11) is 0. The molecule has 0 N–H and O–H groups in total. The van der Waals surface area contributed by atoms with Crippen molar-refractivity contribution in [3.63, 3.8) is 0 Å². The van der Waals surface area contributed by atoms with Gasteiger partial charge in [0, 0.05) is 12.4 Å². The minimum atomic E-state index is 0.885. The summed E-state index contributed by atoms with van der Waals surface area (Å²) in [6, 6.07) is 37.2. The van der Waals surface area contributed by atoms with Crippen molar-refractivity contribution < 1.29 is 0 Å². The van der Waals surface area contributed by atoms with Gasteiger partial charge >= 0.3 is 0 Å². The van der Waals surface area contributed by atoms with Crippen LogP contribution in [0.3, 0.4) is 0 Å². The molecule has 4 aromatic carbocycles. The summed E-state index contributed by atoms with van der Waals surface area (Å²) in [6.07, 6.45) is 12.6. The van der Waals surface area contributed by atoms with Crippen molar-refractivity contribution in [1.29, 1.82) is 0 Å². The van der Waals surface area contributed by atoms with Crippen molar-refractivity contribution in [3.8, 4) is 0 Å². The second-order valence-corrected chi connectivity index (χ2v) is 7.61. The minimum Gasteiger partial charge on any atom is -0.257 e. The first-order chi connectivity index (χ1) is 16.3. The van der Waals surface area contributed by atoms with Crippen LogP contribution in [0.25, 0.3) is 12.2 Å². The van der Waals surface area contributed by atoms with Gasteiger partial charge in [0.25, 0.3) is 0 Å². The van der Waals surface area contributed by atoms with Crippen LogP contribution in [0.15, 0.2) is 131 Å². The lowest BCUT2D eigenvalue weighted by Gasteiger charge is -2.03. The monoisotopic (exact) mass is 426 g/mol. The van der Waals surface area contributed by atoms with Gasteiger partial charge in [-0.1, -0.05) is 97.1 Å². The first-order valence-electron chi connectivity index (χ1n) is 11.0. The lowest BCUT2D eigenvalue weighted by atomic mass is 10.0. The molecule has 0 radical (unpaired) electrons. The van der Waals surface area contributed by atoms with Crippen LogP contribution < -0.4 is 0 Å². The van der Waals surface area contributed by atoms with E-state index in [1.165, 1.54) is 22.3 Å². The van der Waals surface area contributed by atoms with Crippen LogP contribution in [0.1, 0.15) is 22.3 Å². The predicted molar refractivity (Wildman–Crippen MR) is 143 cm³/mol. The molecule has 0 saturated heterocycles. The second kappa shape index (κ2) is 11.9. The molecule has 0 aliphatic carbocycles. The van der Waals surface area contributed by atoms with Gasteiger partial charge in [0.15, 0.2) is 0 Å². The van der Waals surface area contributed by atoms with E-state index in [2.05, 4.69) is 82.8 Å². The number of hydrogen-bond donors (Lipinski definition) is 0. The maximum Gasteiger partial charge on any atom is 0.0629 e. The fourth-order valence-electron chi connectivity index (χ4n) is 3.33. The number of benzene rings is 4. The van der Waals surface area contributed by atoms with Gasteiger partial charge in [-0.25, -0.2) is 0 Å². The Morgan fingerprint density at radius 2 is 0.848 bits per heavy atom. The number of nitrogens with zero attached hydrogens (tertiary/aromatic N) is 2. The number of allylic oxidation sites excluding steroid dienone is 2. The van der Waals surface area contributed by atoms with Crippen molar-refractivity contribution in [2.75, 3.05) is 0 Å². The highest BCUT2D eigenvalue weighted by Gasteiger charge is 1.97. The molecule has 4 rings (SSSR count). The Morgan fingerprint density at radius 3 is 1.24 bits per heavy atom. The number of hydrogen-bond acceptors (Lipinski definition) is 2. The topological polar surface area (TPSA) is 24.7 Å². The Labute approximate surface area is 196 Å². The van der Waals surface area contributed by atoms with Crippen LogP contribution >= 0.6 is 0 Å². The van der Waals surface area contributed by atoms with Gasteiger partial charge in [-0.05, 0) is 65.1 Å². The van der Waals surface area contributed by atoms with Crippen molar-refractivity contribution in [2.24, 2.45) is 9.98 Å². The molecule has 160 valence electrons. The summed E-state index contributed by atoms with van der Waals surface area (Å²) >= 11 is 0. The molecule has 0 unspecified atom stereocenters. The van der Waals surface area contributed by atoms with E-state index < -0.39 is 0 Å². The molecule has 0 aromatic heterocycles. The highest BCUT2D eigenvalue weighted by atomic mass is 14.7. The number of aliphatic imine (C=N–C) groups is 2. The van der Waals surface area contributed by atoms with Crippen LogP contribution in [-0.4, -0.2) is 12.4 Å². The van der Waals surface area contributed by atoms with Crippen molar-refractivity contribution >= 4 is 36.0 Å². The van der Waals surface area contributed by atoms with E-state index in [0.717, 1.165) is 17.8 Å². The zero-order chi connectivity index (χ0) is 22.6. The smallest absolute Gasteiger partial charge is 0.0629 e. The summed E-state index contributed by atoms with van der Waals surface area (Å²) in [5, 5.41) is 0. The SMILES string of the molecule is C(/C=C/c1ccccc1)=Nc1ccc(Cc2ccc(N=C/C=C/c3ccccc3)cc2)cc1. The van der Waals surface area contributed by atoms with Gasteiger partial charge in [-0.3, -0.25) is 9.98 Å². The van der Waals surface area contributed by atoms with Gasteiger partial charge in [-0.15, -0.1) is 0 Å². The second-order valence-electron chi connectivity index (χ2n) is 7.61. The van der Waals surface area contributed by atoms with E-state index >= 15 is 0 Å². The molecular formula is C31H26N2. The zero-order valence-electron chi connectivity index (χ0n) is 18.5. The fourth-order valence-corrected chi connectivity index (χ4v) is 3.33. The first-order valence-corrected chi connectivity index (χ1v) is 11.0. The average Bonchev–Trinajstić information content (AvgIpc) is 2.88. The van der Waals surface area contributed by atoms with Crippen molar-refractivity contribution in [3.05, 3.63) is 144 Å². The normalized spacial score (nSPS) is 11.9. The molecule has 0 aliphatic heterocycles. The standard InChI is InChI=1S/C31H26N2/c1-3-9-26(10-4-1)13-7-23-32-30-19-15-28(16-20-30)25-29-17-21-31(22-18-29)33-24-8-14-27-11-5-2-6-12-27/h1-24H,25H2/b13-7+,14-8+,32-23?,33-24?. The molecule has 0 fully saturated rings. The third-order valence-electron chi connectivity index (χ3n) is 5.08. The average molecular weight is 427 g/mol. The van der Waals surface area contributed by atoms with E-state index in [1.807, 2.05) is 73.1 Å². The number of rotatable bonds is 8. The predicted octanol–water partition coefficient (Wildman–Crippen LogP) is 8.11. The molecule has 0 aliphatic rings. The Balaban J connectivity index is 1.28. The Morgan fingerprint density at radius 1 is 0.455 bits per heavy atom. The summed E-state index contributed by atoms with van der Waals surface area (Å²) in [4.78, 5) is 9.01. The molecule has 0 heterocycles. The molecule has 0 bridgehead atoms. The molecule has 0 spiro atoms. The Bertz CT molecular complexity index is 1130. The van der Waals surface area contributed by atoms with E-state index in [-0.39, 0.29) is 0 Å². The maximum absolute atomic E-state index is 4.50. The molecule has 0 amide bonds. The highest BCUT2D eigenvalue weighted by molar-refractivity contribution is 5.81. The first kappa shape index (κ1) is 21.9. The van der Waals surface area contributed by atoms with Crippen LogP contribution in [0.2, 0.25) is 0 Å². The lowest BCUT2D eigenvalue weighted by molar-refractivity contribution is 1.19. The van der Waals surface area contributed by atoms with E-state index in [1.54, 1.807) is 0 Å². The van der Waals surface area contributed by atoms with Crippen LogP contribution in [0.4, 0.5) is 11.4 Å². The van der Waals surface area contributed by atoms with Crippen molar-refractivity contribution in [2.45, 2.75) is 6.42 Å². The minimum absolute atomic E-state index is 0.885. The third-order valence-corrected chi connectivity index (χ3v) is 5.08. The summed E-state index contributed by atoms with van der Waals surface area (Å²) in [6.45, 7) is 0.